The molecule has 1 aliphatic heterocycles. The molecular formula is C21H32F3N3O6S. The number of aliphatic carboxylic acids is 1. The molecule has 1 saturated heterocycles. The number of ether oxygens (including phenoxy) is 1. The maximum Gasteiger partial charge on any atom is 0.490 e. The third-order valence-electron chi connectivity index (χ3n) is 4.82. The molecule has 2 rings (SSSR count). The summed E-state index contributed by atoms with van der Waals surface area (Å²) in [6.07, 6.45) is -3.22. The summed E-state index contributed by atoms with van der Waals surface area (Å²) in [5.74, 6) is -2.10. The molecule has 1 aromatic rings. The van der Waals surface area contributed by atoms with Gasteiger partial charge in [0.05, 0.1) is 11.5 Å². The summed E-state index contributed by atoms with van der Waals surface area (Å²) in [6, 6.07) is 6.47. The van der Waals surface area contributed by atoms with E-state index in [-0.39, 0.29) is 23.8 Å². The van der Waals surface area contributed by atoms with Gasteiger partial charge in [-0.3, -0.25) is 4.79 Å². The number of alkyl halides is 3. The Bertz CT molecular complexity index is 873. The third kappa shape index (κ3) is 9.85. The fourth-order valence-electron chi connectivity index (χ4n) is 3.00. The first kappa shape index (κ1) is 29.7. The number of unbranched alkanes of at least 4 members (excludes halogenated alkanes) is 1. The molecule has 194 valence electrons. The number of amides is 1. The van der Waals surface area contributed by atoms with E-state index in [9.17, 15) is 26.4 Å². The van der Waals surface area contributed by atoms with Crippen molar-refractivity contribution in [2.75, 3.05) is 45.9 Å². The number of carboxylic acids is 1. The molecule has 1 aliphatic rings. The van der Waals surface area contributed by atoms with Gasteiger partial charge in [0.1, 0.15) is 5.75 Å². The van der Waals surface area contributed by atoms with Crippen molar-refractivity contribution in [1.29, 1.82) is 0 Å². The van der Waals surface area contributed by atoms with Crippen LogP contribution in [0.4, 0.5) is 13.2 Å². The normalized spacial score (nSPS) is 14.4. The minimum absolute atomic E-state index is 0.0138. The number of sulfonamides is 1. The fraction of sp³-hybridized carbons (Fsp3) is 0.619. The van der Waals surface area contributed by atoms with Gasteiger partial charge in [0, 0.05) is 45.7 Å². The van der Waals surface area contributed by atoms with Gasteiger partial charge in [-0.15, -0.1) is 0 Å². The van der Waals surface area contributed by atoms with Crippen molar-refractivity contribution >= 4 is 21.9 Å². The molecule has 9 nitrogen and oxygen atoms in total. The van der Waals surface area contributed by atoms with E-state index >= 15 is 0 Å². The maximum atomic E-state index is 13.0. The molecule has 1 amide bonds. The van der Waals surface area contributed by atoms with E-state index in [1.54, 1.807) is 29.2 Å². The van der Waals surface area contributed by atoms with Gasteiger partial charge in [-0.2, -0.15) is 17.5 Å². The number of carbonyl (C=O) groups is 2. The number of piperazine rings is 1. The lowest BCUT2D eigenvalue weighted by molar-refractivity contribution is -0.192. The number of nitrogens with one attached hydrogen (secondary N) is 1. The highest BCUT2D eigenvalue weighted by molar-refractivity contribution is 7.89. The number of rotatable bonds is 10. The van der Waals surface area contributed by atoms with Gasteiger partial charge in [0.2, 0.25) is 15.9 Å². The second-order valence-electron chi connectivity index (χ2n) is 7.35. The van der Waals surface area contributed by atoms with Gasteiger partial charge in [0.25, 0.3) is 0 Å². The van der Waals surface area contributed by atoms with Crippen LogP contribution in [-0.4, -0.2) is 86.7 Å². The number of halogens is 3. The Morgan fingerprint density at radius 1 is 1.12 bits per heavy atom. The van der Waals surface area contributed by atoms with Crippen LogP contribution in [0.1, 0.15) is 33.1 Å². The lowest BCUT2D eigenvalue weighted by Crippen LogP contribution is -2.47. The topological polar surface area (TPSA) is 116 Å². The number of hydrogen-bond donors (Lipinski definition) is 2. The number of hydrogen-bond acceptors (Lipinski definition) is 6. The highest BCUT2D eigenvalue weighted by Crippen LogP contribution is 2.21. The molecule has 34 heavy (non-hydrogen) atoms. The molecule has 2 N–H and O–H groups in total. The molecule has 13 heteroatoms. The minimum Gasteiger partial charge on any atom is -0.494 e. The molecule has 0 saturated carbocycles. The third-order valence-corrected chi connectivity index (χ3v) is 6.73. The monoisotopic (exact) mass is 511 g/mol. The lowest BCUT2D eigenvalue weighted by Gasteiger charge is -2.29. The molecule has 0 spiro atoms. The molecular weight excluding hydrogens is 479 g/mol. The van der Waals surface area contributed by atoms with Crippen molar-refractivity contribution in [2.24, 2.45) is 0 Å². The van der Waals surface area contributed by atoms with Gasteiger partial charge in [-0.25, -0.2) is 13.2 Å². The highest BCUT2D eigenvalue weighted by Gasteiger charge is 2.38. The lowest BCUT2D eigenvalue weighted by atomic mass is 10.3. The summed E-state index contributed by atoms with van der Waals surface area (Å²) in [6.45, 7) is 7.99. The number of benzene rings is 1. The molecule has 1 fully saturated rings. The Morgan fingerprint density at radius 2 is 1.68 bits per heavy atom. The zero-order chi connectivity index (χ0) is 25.8. The van der Waals surface area contributed by atoms with E-state index < -0.39 is 22.2 Å². The predicted molar refractivity (Wildman–Crippen MR) is 119 cm³/mol. The molecule has 0 atom stereocenters. The van der Waals surface area contributed by atoms with Crippen LogP contribution in [0.25, 0.3) is 0 Å². The zero-order valence-electron chi connectivity index (χ0n) is 19.3. The van der Waals surface area contributed by atoms with E-state index in [1.807, 2.05) is 13.8 Å². The van der Waals surface area contributed by atoms with Gasteiger partial charge >= 0.3 is 12.1 Å². The molecule has 1 heterocycles. The van der Waals surface area contributed by atoms with Crippen LogP contribution in [0.3, 0.4) is 0 Å². The molecule has 0 aromatic heterocycles. The van der Waals surface area contributed by atoms with Crippen LogP contribution in [0.15, 0.2) is 29.2 Å². The van der Waals surface area contributed by atoms with Gasteiger partial charge in [-0.1, -0.05) is 13.3 Å². The summed E-state index contributed by atoms with van der Waals surface area (Å²) in [7, 11) is -3.64. The number of nitrogens with zero attached hydrogens (tertiary/aromatic N) is 2. The first-order valence-corrected chi connectivity index (χ1v) is 12.4. The average Bonchev–Trinajstić information content (AvgIpc) is 2.79. The van der Waals surface area contributed by atoms with E-state index in [0.717, 1.165) is 25.9 Å². The average molecular weight is 512 g/mol. The summed E-state index contributed by atoms with van der Waals surface area (Å²) >= 11 is 0. The van der Waals surface area contributed by atoms with Crippen LogP contribution in [0, 0.1) is 0 Å². The van der Waals surface area contributed by atoms with Crippen molar-refractivity contribution in [1.82, 2.24) is 14.5 Å². The van der Waals surface area contributed by atoms with Crippen LogP contribution < -0.4 is 10.1 Å². The molecule has 0 radical (unpaired) electrons. The van der Waals surface area contributed by atoms with Crippen LogP contribution >= 0.6 is 0 Å². The van der Waals surface area contributed by atoms with Crippen LogP contribution in [0.2, 0.25) is 0 Å². The highest BCUT2D eigenvalue weighted by atomic mass is 32.2. The standard InChI is InChI=1S/C19H31N3O4S.C2HF3O2/c1-3-5-13-22(14-10-19(23)21-15-11-20-12-16-21)27(24,25)18-8-6-17(7-9-18)26-4-2;3-2(4,5)1(6)7/h6-9,20H,3-5,10-16H2,1-2H3;(H,6,7). The summed E-state index contributed by atoms with van der Waals surface area (Å²) in [5.41, 5.74) is 0. The smallest absolute Gasteiger partial charge is 0.490 e. The molecule has 0 bridgehead atoms. The predicted octanol–water partition coefficient (Wildman–Crippen LogP) is 2.33. The van der Waals surface area contributed by atoms with Gasteiger partial charge < -0.3 is 20.1 Å². The van der Waals surface area contributed by atoms with E-state index in [0.29, 0.717) is 32.0 Å². The molecule has 1 aromatic carbocycles. The van der Waals surface area contributed by atoms with Crippen LogP contribution in [0.5, 0.6) is 5.75 Å². The van der Waals surface area contributed by atoms with Crippen molar-refractivity contribution in [3.05, 3.63) is 24.3 Å². The SMILES string of the molecule is CCCCN(CCC(=O)N1CCNCC1)S(=O)(=O)c1ccc(OCC)cc1.O=C(O)C(F)(F)F. The Balaban J connectivity index is 0.000000718. The van der Waals surface area contributed by atoms with Crippen molar-refractivity contribution in [3.63, 3.8) is 0 Å². The Morgan fingerprint density at radius 3 is 2.15 bits per heavy atom. The Labute approximate surface area is 197 Å². The second kappa shape index (κ2) is 14.1. The van der Waals surface area contributed by atoms with Crippen molar-refractivity contribution in [2.45, 2.75) is 44.2 Å². The van der Waals surface area contributed by atoms with E-state index in [2.05, 4.69) is 5.32 Å². The minimum atomic E-state index is -5.08. The van der Waals surface area contributed by atoms with E-state index in [1.165, 1.54) is 4.31 Å². The largest absolute Gasteiger partial charge is 0.494 e. The summed E-state index contributed by atoms with van der Waals surface area (Å²) in [5, 5.41) is 10.3. The molecule has 0 aliphatic carbocycles. The van der Waals surface area contributed by atoms with E-state index in [4.69, 9.17) is 14.6 Å². The Hall–Kier alpha value is -2.38. The number of carbonyl (C=O) groups excluding carboxylic acids is 1. The second-order valence-corrected chi connectivity index (χ2v) is 9.28. The van der Waals surface area contributed by atoms with Crippen molar-refractivity contribution in [3.8, 4) is 5.75 Å². The fourth-order valence-corrected chi connectivity index (χ4v) is 4.48. The van der Waals surface area contributed by atoms with Crippen molar-refractivity contribution < 1.29 is 41.0 Å². The molecule has 0 unspecified atom stereocenters. The van der Waals surface area contributed by atoms with Gasteiger partial charge in [-0.05, 0) is 37.6 Å². The summed E-state index contributed by atoms with van der Waals surface area (Å²) < 4.78 is 64.6. The zero-order valence-corrected chi connectivity index (χ0v) is 20.1. The first-order chi connectivity index (χ1) is 15.9. The summed E-state index contributed by atoms with van der Waals surface area (Å²) in [4.78, 5) is 23.3. The first-order valence-electron chi connectivity index (χ1n) is 10.9. The quantitative estimate of drug-likeness (QED) is 0.495. The van der Waals surface area contributed by atoms with Gasteiger partial charge in [0.15, 0.2) is 0 Å². The number of carboxylic acid groups (broad SMARTS) is 1. The maximum absolute atomic E-state index is 13.0. The Kier molecular flexibility index (Phi) is 12.3. The van der Waals surface area contributed by atoms with Crippen LogP contribution in [-0.2, 0) is 19.6 Å².